The Morgan fingerprint density at radius 1 is 0.808 bits per heavy atom. The van der Waals surface area contributed by atoms with Crippen LogP contribution in [0.4, 0.5) is 5.69 Å². The lowest BCUT2D eigenvalue weighted by Crippen LogP contribution is -2.83. The molecule has 0 bridgehead atoms. The fourth-order valence-electron chi connectivity index (χ4n) is 3.56. The van der Waals surface area contributed by atoms with Gasteiger partial charge in [-0.2, -0.15) is 0 Å². The lowest BCUT2D eigenvalue weighted by molar-refractivity contribution is -0.184. The summed E-state index contributed by atoms with van der Waals surface area (Å²) < 4.78 is 0. The summed E-state index contributed by atoms with van der Waals surface area (Å²) in [5.74, 6) is -3.01. The zero-order valence-electron chi connectivity index (χ0n) is 14.4. The molecule has 0 unspecified atom stereocenters. The number of β-lactam (4-membered cyclic amide) rings is 4. The number of likely N-dealkylation sites (tertiary alicyclic amines) is 1. The molecule has 2 aliphatic rings. The van der Waals surface area contributed by atoms with Crippen molar-refractivity contribution in [3.63, 3.8) is 0 Å². The SMILES string of the molecule is Cc1cccc(Cc2cccc(N3C(=O)C4(C(=O)N(C)C4=O)C3=O)c2)c1. The van der Waals surface area contributed by atoms with E-state index < -0.39 is 29.0 Å². The standard InChI is InChI=1S/C20H16N2O4/c1-12-5-3-6-13(9-12)10-14-7-4-8-15(11-14)22-18(25)20(19(22)26)16(23)21(2)17(20)24/h3-9,11H,10H2,1-2H3. The second kappa shape index (κ2) is 5.36. The minimum Gasteiger partial charge on any atom is -0.282 e. The van der Waals surface area contributed by atoms with Gasteiger partial charge in [0, 0.05) is 7.05 Å². The van der Waals surface area contributed by atoms with Gasteiger partial charge < -0.3 is 0 Å². The first kappa shape index (κ1) is 16.2. The summed E-state index contributed by atoms with van der Waals surface area (Å²) in [4.78, 5) is 50.6. The molecule has 2 heterocycles. The highest BCUT2D eigenvalue weighted by atomic mass is 16.2. The normalized spacial score (nSPS) is 18.2. The first-order valence-corrected chi connectivity index (χ1v) is 8.23. The predicted molar refractivity (Wildman–Crippen MR) is 93.1 cm³/mol. The second-order valence-electron chi connectivity index (χ2n) is 6.70. The fraction of sp³-hybridized carbons (Fsp3) is 0.200. The summed E-state index contributed by atoms with van der Waals surface area (Å²) in [6, 6.07) is 15.1. The minimum atomic E-state index is -2.12. The molecule has 4 amide bonds. The maximum atomic E-state index is 12.5. The number of rotatable bonds is 3. The van der Waals surface area contributed by atoms with E-state index in [0.717, 1.165) is 26.5 Å². The van der Waals surface area contributed by atoms with E-state index in [2.05, 4.69) is 6.07 Å². The third-order valence-electron chi connectivity index (χ3n) is 4.96. The van der Waals surface area contributed by atoms with Crippen molar-refractivity contribution in [1.82, 2.24) is 4.90 Å². The minimum absolute atomic E-state index is 0.380. The molecule has 0 aliphatic carbocycles. The van der Waals surface area contributed by atoms with Crippen molar-refractivity contribution >= 4 is 29.3 Å². The molecule has 2 aromatic rings. The van der Waals surface area contributed by atoms with Gasteiger partial charge in [-0.15, -0.1) is 0 Å². The van der Waals surface area contributed by atoms with Crippen molar-refractivity contribution in [1.29, 1.82) is 0 Å². The van der Waals surface area contributed by atoms with Crippen LogP contribution in [0.25, 0.3) is 0 Å². The van der Waals surface area contributed by atoms with Gasteiger partial charge in [0.2, 0.25) is 0 Å². The van der Waals surface area contributed by atoms with Crippen LogP contribution in [0.5, 0.6) is 0 Å². The molecule has 1 spiro atoms. The van der Waals surface area contributed by atoms with Crippen LogP contribution in [0, 0.1) is 12.3 Å². The lowest BCUT2D eigenvalue weighted by atomic mass is 9.69. The molecular formula is C20H16N2O4. The fourth-order valence-corrected chi connectivity index (χ4v) is 3.56. The zero-order chi connectivity index (χ0) is 18.6. The number of aryl methyl sites for hydroxylation is 1. The van der Waals surface area contributed by atoms with Crippen molar-refractivity contribution in [2.75, 3.05) is 11.9 Å². The van der Waals surface area contributed by atoms with Gasteiger partial charge in [-0.05, 0) is 36.6 Å². The summed E-state index contributed by atoms with van der Waals surface area (Å²) in [5, 5.41) is 0. The number of nitrogens with zero attached hydrogens (tertiary/aromatic N) is 2. The number of hydrogen-bond acceptors (Lipinski definition) is 4. The van der Waals surface area contributed by atoms with Crippen LogP contribution in [-0.2, 0) is 25.6 Å². The third-order valence-corrected chi connectivity index (χ3v) is 4.96. The predicted octanol–water partition coefficient (Wildman–Crippen LogP) is 1.44. The van der Waals surface area contributed by atoms with Crippen molar-refractivity contribution in [3.05, 3.63) is 65.2 Å². The van der Waals surface area contributed by atoms with Crippen LogP contribution < -0.4 is 4.90 Å². The molecule has 2 aromatic carbocycles. The Labute approximate surface area is 150 Å². The van der Waals surface area contributed by atoms with Gasteiger partial charge in [0.1, 0.15) is 0 Å². The van der Waals surface area contributed by atoms with Crippen molar-refractivity contribution in [2.24, 2.45) is 5.41 Å². The van der Waals surface area contributed by atoms with Crippen LogP contribution in [0.2, 0.25) is 0 Å². The van der Waals surface area contributed by atoms with E-state index >= 15 is 0 Å². The first-order chi connectivity index (χ1) is 12.4. The summed E-state index contributed by atoms with van der Waals surface area (Å²) in [7, 11) is 1.27. The van der Waals surface area contributed by atoms with E-state index in [1.165, 1.54) is 7.05 Å². The van der Waals surface area contributed by atoms with E-state index in [1.807, 2.05) is 31.2 Å². The summed E-state index contributed by atoms with van der Waals surface area (Å²) in [6.07, 6.45) is 0.650. The van der Waals surface area contributed by atoms with E-state index in [-0.39, 0.29) is 0 Å². The quantitative estimate of drug-likeness (QED) is 0.621. The van der Waals surface area contributed by atoms with E-state index in [9.17, 15) is 19.2 Å². The number of amides is 4. The highest BCUT2D eigenvalue weighted by Gasteiger charge is 2.79. The van der Waals surface area contributed by atoms with Crippen LogP contribution >= 0.6 is 0 Å². The summed E-state index contributed by atoms with van der Waals surface area (Å²) in [6.45, 7) is 2.01. The Kier molecular flexibility index (Phi) is 3.34. The van der Waals surface area contributed by atoms with Gasteiger partial charge in [-0.3, -0.25) is 24.1 Å². The highest BCUT2D eigenvalue weighted by Crippen LogP contribution is 2.46. The van der Waals surface area contributed by atoms with Crippen molar-refractivity contribution < 1.29 is 19.2 Å². The van der Waals surface area contributed by atoms with Crippen molar-refractivity contribution in [3.8, 4) is 0 Å². The molecule has 0 saturated carbocycles. The number of benzene rings is 2. The second-order valence-corrected chi connectivity index (χ2v) is 6.70. The molecule has 4 rings (SSSR count). The number of hydrogen-bond donors (Lipinski definition) is 0. The number of carbonyl (C=O) groups excluding carboxylic acids is 4. The van der Waals surface area contributed by atoms with E-state index in [1.54, 1.807) is 18.2 Å². The number of imide groups is 2. The Morgan fingerprint density at radius 3 is 2.00 bits per heavy atom. The van der Waals surface area contributed by atoms with Crippen LogP contribution in [0.1, 0.15) is 16.7 Å². The molecular weight excluding hydrogens is 332 g/mol. The molecule has 0 N–H and O–H groups in total. The number of carbonyl (C=O) groups is 4. The topological polar surface area (TPSA) is 74.8 Å². The maximum absolute atomic E-state index is 12.5. The summed E-state index contributed by atoms with van der Waals surface area (Å²) in [5.41, 5.74) is 1.45. The molecule has 130 valence electrons. The van der Waals surface area contributed by atoms with Crippen molar-refractivity contribution in [2.45, 2.75) is 13.3 Å². The smallest absolute Gasteiger partial charge is 0.282 e. The monoisotopic (exact) mass is 348 g/mol. The molecule has 0 radical (unpaired) electrons. The Balaban J connectivity index is 1.60. The zero-order valence-corrected chi connectivity index (χ0v) is 14.4. The average molecular weight is 348 g/mol. The summed E-state index contributed by atoms with van der Waals surface area (Å²) >= 11 is 0. The largest absolute Gasteiger partial charge is 0.285 e. The van der Waals surface area contributed by atoms with Gasteiger partial charge in [0.15, 0.2) is 0 Å². The van der Waals surface area contributed by atoms with Gasteiger partial charge in [0.25, 0.3) is 29.0 Å². The van der Waals surface area contributed by atoms with Gasteiger partial charge in [-0.25, -0.2) is 4.90 Å². The lowest BCUT2D eigenvalue weighted by Gasteiger charge is -2.51. The Morgan fingerprint density at radius 2 is 1.38 bits per heavy atom. The maximum Gasteiger partial charge on any atom is 0.285 e. The molecule has 2 fully saturated rings. The molecule has 0 aromatic heterocycles. The van der Waals surface area contributed by atoms with Gasteiger partial charge >= 0.3 is 0 Å². The highest BCUT2D eigenvalue weighted by molar-refractivity contribution is 6.59. The molecule has 6 heteroatoms. The van der Waals surface area contributed by atoms with Crippen LogP contribution in [0.15, 0.2) is 48.5 Å². The van der Waals surface area contributed by atoms with E-state index in [0.29, 0.717) is 12.1 Å². The molecule has 2 saturated heterocycles. The first-order valence-electron chi connectivity index (χ1n) is 8.23. The molecule has 2 aliphatic heterocycles. The molecule has 0 atom stereocenters. The molecule has 26 heavy (non-hydrogen) atoms. The van der Waals surface area contributed by atoms with Crippen LogP contribution in [0.3, 0.4) is 0 Å². The van der Waals surface area contributed by atoms with Gasteiger partial charge in [-0.1, -0.05) is 42.0 Å². The van der Waals surface area contributed by atoms with Gasteiger partial charge in [0.05, 0.1) is 5.69 Å². The van der Waals surface area contributed by atoms with Crippen LogP contribution in [-0.4, -0.2) is 35.6 Å². The number of anilines is 1. The molecule has 6 nitrogen and oxygen atoms in total. The third kappa shape index (κ3) is 1.92. The Bertz CT molecular complexity index is 961. The Hall–Kier alpha value is -3.28. The average Bonchev–Trinajstić information content (AvgIpc) is 2.62. The van der Waals surface area contributed by atoms with E-state index in [4.69, 9.17) is 0 Å².